The molecular formula is C14H8ClF3O2. The molecule has 0 atom stereocenters. The number of hydrogen-bond donors (Lipinski definition) is 0. The largest absolute Gasteiger partial charge is 0.456 e. The molecule has 0 saturated heterocycles. The van der Waals surface area contributed by atoms with Crippen molar-refractivity contribution in [2.24, 2.45) is 0 Å². The van der Waals surface area contributed by atoms with Crippen molar-refractivity contribution in [2.45, 2.75) is 6.18 Å². The minimum atomic E-state index is -4.65. The van der Waals surface area contributed by atoms with E-state index in [9.17, 15) is 18.0 Å². The molecule has 2 aromatic carbocycles. The number of alkyl halides is 3. The average Bonchev–Trinajstić information content (AvgIpc) is 2.38. The fraction of sp³-hybridized carbons (Fsp3) is 0.0714. The lowest BCUT2D eigenvalue weighted by molar-refractivity contribution is -0.138. The average molecular weight is 301 g/mol. The lowest BCUT2D eigenvalue weighted by Gasteiger charge is -2.15. The molecule has 0 amide bonds. The summed E-state index contributed by atoms with van der Waals surface area (Å²) in [5, 5.41) is -1.01. The third kappa shape index (κ3) is 3.11. The molecule has 0 aliphatic heterocycles. The summed E-state index contributed by atoms with van der Waals surface area (Å²) < 4.78 is 44.1. The Morgan fingerprint density at radius 3 is 2.20 bits per heavy atom. The summed E-state index contributed by atoms with van der Waals surface area (Å²) in [5.74, 6) is -0.408. The number of hydrogen-bond acceptors (Lipinski definition) is 2. The predicted octanol–water partition coefficient (Wildman–Crippen LogP) is 4.88. The van der Waals surface area contributed by atoms with Gasteiger partial charge in [0.05, 0.1) is 11.1 Å². The van der Waals surface area contributed by atoms with Crippen LogP contribution in [-0.4, -0.2) is 5.24 Å². The fourth-order valence-corrected chi connectivity index (χ4v) is 1.78. The van der Waals surface area contributed by atoms with Gasteiger partial charge in [-0.3, -0.25) is 4.79 Å². The minimum absolute atomic E-state index is 0.184. The zero-order chi connectivity index (χ0) is 14.8. The van der Waals surface area contributed by atoms with Crippen LogP contribution in [0.4, 0.5) is 13.2 Å². The van der Waals surface area contributed by atoms with Gasteiger partial charge in [0.1, 0.15) is 5.75 Å². The summed E-state index contributed by atoms with van der Waals surface area (Å²) >= 11 is 5.31. The normalized spacial score (nSPS) is 11.2. The van der Waals surface area contributed by atoms with Crippen LogP contribution in [0, 0.1) is 0 Å². The van der Waals surface area contributed by atoms with Gasteiger partial charge in [0.15, 0.2) is 5.75 Å². The maximum absolute atomic E-state index is 13.0. The Labute approximate surface area is 117 Å². The predicted molar refractivity (Wildman–Crippen MR) is 68.1 cm³/mol. The Balaban J connectivity index is 2.56. The van der Waals surface area contributed by atoms with E-state index in [-0.39, 0.29) is 11.3 Å². The molecule has 0 heterocycles. The van der Waals surface area contributed by atoms with Gasteiger partial charge in [0, 0.05) is 0 Å². The van der Waals surface area contributed by atoms with Gasteiger partial charge in [0.25, 0.3) is 5.24 Å². The van der Waals surface area contributed by atoms with E-state index in [0.29, 0.717) is 0 Å². The second kappa shape index (κ2) is 5.54. The van der Waals surface area contributed by atoms with Gasteiger partial charge in [-0.05, 0) is 35.9 Å². The first-order valence-corrected chi connectivity index (χ1v) is 5.90. The van der Waals surface area contributed by atoms with Crippen molar-refractivity contribution in [1.29, 1.82) is 0 Å². The molecule has 6 heteroatoms. The SMILES string of the molecule is O=C(Cl)c1cccc(C(F)(F)F)c1Oc1ccccc1. The van der Waals surface area contributed by atoms with Crippen LogP contribution in [0.3, 0.4) is 0 Å². The number of carbonyl (C=O) groups excluding carboxylic acids is 1. The maximum Gasteiger partial charge on any atom is 0.420 e. The molecule has 20 heavy (non-hydrogen) atoms. The van der Waals surface area contributed by atoms with Crippen LogP contribution in [0.25, 0.3) is 0 Å². The Hall–Kier alpha value is -2.01. The highest BCUT2D eigenvalue weighted by Crippen LogP contribution is 2.40. The van der Waals surface area contributed by atoms with Gasteiger partial charge < -0.3 is 4.74 Å². The fourth-order valence-electron chi connectivity index (χ4n) is 1.63. The highest BCUT2D eigenvalue weighted by atomic mass is 35.5. The van der Waals surface area contributed by atoms with Crippen LogP contribution in [0.5, 0.6) is 11.5 Å². The molecule has 2 aromatic rings. The molecule has 0 bridgehead atoms. The monoisotopic (exact) mass is 300 g/mol. The van der Waals surface area contributed by atoms with Gasteiger partial charge in [-0.25, -0.2) is 0 Å². The molecule has 104 valence electrons. The molecule has 0 N–H and O–H groups in total. The van der Waals surface area contributed by atoms with Crippen molar-refractivity contribution in [3.8, 4) is 11.5 Å². The van der Waals surface area contributed by atoms with Crippen molar-refractivity contribution < 1.29 is 22.7 Å². The highest BCUT2D eigenvalue weighted by Gasteiger charge is 2.36. The first-order chi connectivity index (χ1) is 9.39. The maximum atomic E-state index is 13.0. The number of halogens is 4. The summed E-state index contributed by atoms with van der Waals surface area (Å²) in [7, 11) is 0. The molecule has 0 spiro atoms. The summed E-state index contributed by atoms with van der Waals surface area (Å²) in [5.41, 5.74) is -1.38. The Morgan fingerprint density at radius 1 is 1.00 bits per heavy atom. The zero-order valence-electron chi connectivity index (χ0n) is 9.95. The number of carbonyl (C=O) groups is 1. The van der Waals surface area contributed by atoms with Crippen LogP contribution in [0.2, 0.25) is 0 Å². The number of benzene rings is 2. The third-order valence-corrected chi connectivity index (χ3v) is 2.70. The quantitative estimate of drug-likeness (QED) is 0.755. The Bertz CT molecular complexity index is 624. The van der Waals surface area contributed by atoms with Gasteiger partial charge >= 0.3 is 6.18 Å². The molecular weight excluding hydrogens is 293 g/mol. The molecule has 0 saturated carbocycles. The molecule has 0 radical (unpaired) electrons. The summed E-state index contributed by atoms with van der Waals surface area (Å²) in [4.78, 5) is 11.3. The van der Waals surface area contributed by atoms with E-state index >= 15 is 0 Å². The van der Waals surface area contributed by atoms with Gasteiger partial charge in [-0.15, -0.1) is 0 Å². The van der Waals surface area contributed by atoms with E-state index < -0.39 is 22.7 Å². The lowest BCUT2D eigenvalue weighted by Crippen LogP contribution is -2.09. The second-order valence-electron chi connectivity index (χ2n) is 3.87. The molecule has 0 aliphatic rings. The number of para-hydroxylation sites is 2. The van der Waals surface area contributed by atoms with Crippen LogP contribution in [0.15, 0.2) is 48.5 Å². The topological polar surface area (TPSA) is 26.3 Å². The standard InChI is InChI=1S/C14H8ClF3O2/c15-13(19)10-7-4-8-11(14(16,17)18)12(10)20-9-5-2-1-3-6-9/h1-8H. The van der Waals surface area contributed by atoms with E-state index in [1.165, 1.54) is 18.2 Å². The number of rotatable bonds is 3. The zero-order valence-corrected chi connectivity index (χ0v) is 10.7. The van der Waals surface area contributed by atoms with E-state index in [0.717, 1.165) is 12.1 Å². The number of ether oxygens (including phenoxy) is 1. The van der Waals surface area contributed by atoms with Crippen molar-refractivity contribution in [1.82, 2.24) is 0 Å². The minimum Gasteiger partial charge on any atom is -0.456 e. The third-order valence-electron chi connectivity index (χ3n) is 2.50. The molecule has 0 fully saturated rings. The summed E-state index contributed by atoms with van der Waals surface area (Å²) in [6, 6.07) is 11.0. The first kappa shape index (κ1) is 14.4. The second-order valence-corrected chi connectivity index (χ2v) is 4.21. The van der Waals surface area contributed by atoms with Gasteiger partial charge in [0.2, 0.25) is 0 Å². The van der Waals surface area contributed by atoms with Crippen molar-refractivity contribution in [3.63, 3.8) is 0 Å². The van der Waals surface area contributed by atoms with Crippen molar-refractivity contribution in [3.05, 3.63) is 59.7 Å². The van der Waals surface area contributed by atoms with Crippen molar-refractivity contribution >= 4 is 16.8 Å². The molecule has 2 nitrogen and oxygen atoms in total. The lowest BCUT2D eigenvalue weighted by atomic mass is 10.1. The van der Waals surface area contributed by atoms with E-state index in [4.69, 9.17) is 16.3 Å². The van der Waals surface area contributed by atoms with Gasteiger partial charge in [-0.2, -0.15) is 13.2 Å². The molecule has 0 aromatic heterocycles. The van der Waals surface area contributed by atoms with Crippen LogP contribution >= 0.6 is 11.6 Å². The van der Waals surface area contributed by atoms with E-state index in [1.807, 2.05) is 0 Å². The first-order valence-electron chi connectivity index (χ1n) is 5.52. The highest BCUT2D eigenvalue weighted by molar-refractivity contribution is 6.68. The van der Waals surface area contributed by atoms with Crippen LogP contribution < -0.4 is 4.74 Å². The molecule has 0 unspecified atom stereocenters. The van der Waals surface area contributed by atoms with Gasteiger partial charge in [-0.1, -0.05) is 24.3 Å². The van der Waals surface area contributed by atoms with E-state index in [1.54, 1.807) is 18.2 Å². The van der Waals surface area contributed by atoms with E-state index in [2.05, 4.69) is 0 Å². The Kier molecular flexibility index (Phi) is 3.99. The summed E-state index contributed by atoms with van der Waals surface area (Å²) in [6.07, 6.45) is -4.65. The molecule has 0 aliphatic carbocycles. The van der Waals surface area contributed by atoms with Crippen molar-refractivity contribution in [2.75, 3.05) is 0 Å². The Morgan fingerprint density at radius 2 is 1.65 bits per heavy atom. The molecule has 2 rings (SSSR count). The smallest absolute Gasteiger partial charge is 0.420 e. The summed E-state index contributed by atoms with van der Waals surface area (Å²) in [6.45, 7) is 0. The van der Waals surface area contributed by atoms with Crippen LogP contribution in [0.1, 0.15) is 15.9 Å². The van der Waals surface area contributed by atoms with Crippen LogP contribution in [-0.2, 0) is 6.18 Å².